The number of nitrogen functional groups attached to an aromatic ring is 1. The maximum atomic E-state index is 5.32. The van der Waals surface area contributed by atoms with Crippen molar-refractivity contribution in [1.29, 1.82) is 0 Å². The Morgan fingerprint density at radius 2 is 2.22 bits per heavy atom. The van der Waals surface area contributed by atoms with Crippen molar-refractivity contribution < 1.29 is 0 Å². The van der Waals surface area contributed by atoms with Crippen LogP contribution < -0.4 is 11.3 Å². The van der Waals surface area contributed by atoms with Gasteiger partial charge >= 0.3 is 0 Å². The molecular weight excluding hydrogens is 244 g/mol. The van der Waals surface area contributed by atoms with Crippen molar-refractivity contribution in [2.75, 3.05) is 12.5 Å². The second-order valence-corrected chi connectivity index (χ2v) is 5.55. The first kappa shape index (κ1) is 13.0. The number of nitrogens with one attached hydrogen (secondary N) is 1. The third-order valence-electron chi connectivity index (χ3n) is 2.64. The van der Waals surface area contributed by atoms with Crippen LogP contribution in [0.3, 0.4) is 0 Å². The Bertz CT molecular complexity index is 509. The van der Waals surface area contributed by atoms with Gasteiger partial charge in [-0.05, 0) is 19.5 Å². The molecular formula is C13H18N4S. The lowest BCUT2D eigenvalue weighted by atomic mass is 10.1. The molecule has 1 heterocycles. The summed E-state index contributed by atoms with van der Waals surface area (Å²) in [6, 6.07) is 8.59. The number of benzene rings is 1. The summed E-state index contributed by atoms with van der Waals surface area (Å²) in [4.78, 5) is 7.64. The fourth-order valence-electron chi connectivity index (χ4n) is 1.89. The average molecular weight is 262 g/mol. The molecule has 18 heavy (non-hydrogen) atoms. The highest BCUT2D eigenvalue weighted by molar-refractivity contribution is 7.15. The first-order valence-corrected chi connectivity index (χ1v) is 6.64. The molecule has 0 fully saturated rings. The van der Waals surface area contributed by atoms with Crippen LogP contribution >= 0.6 is 11.3 Å². The number of nitrogens with two attached hydrogens (primary N) is 1. The topological polar surface area (TPSA) is 54.2 Å². The van der Waals surface area contributed by atoms with Gasteiger partial charge in [-0.25, -0.2) is 10.8 Å². The molecule has 0 unspecified atom stereocenters. The summed E-state index contributed by atoms with van der Waals surface area (Å²) in [7, 11) is 2.11. The number of thiazole rings is 1. The van der Waals surface area contributed by atoms with E-state index in [1.54, 1.807) is 11.3 Å². The summed E-state index contributed by atoms with van der Waals surface area (Å²) in [5.74, 6) is 5.32. The molecule has 2 aromatic rings. The number of hydrazine groups is 1. The Hall–Kier alpha value is -1.43. The number of hydrogen-bond donors (Lipinski definition) is 2. The number of rotatable bonds is 5. The van der Waals surface area contributed by atoms with Gasteiger partial charge in [0, 0.05) is 24.2 Å². The molecule has 4 nitrogen and oxygen atoms in total. The van der Waals surface area contributed by atoms with Crippen LogP contribution in [-0.4, -0.2) is 16.9 Å². The van der Waals surface area contributed by atoms with E-state index in [0.29, 0.717) is 0 Å². The van der Waals surface area contributed by atoms with Gasteiger partial charge in [0.05, 0.1) is 0 Å². The number of aryl methyl sites for hydroxylation is 1. The van der Waals surface area contributed by atoms with E-state index >= 15 is 0 Å². The van der Waals surface area contributed by atoms with Crippen LogP contribution in [0.2, 0.25) is 0 Å². The lowest BCUT2D eigenvalue weighted by Crippen LogP contribution is -2.16. The molecule has 0 saturated heterocycles. The average Bonchev–Trinajstić information content (AvgIpc) is 2.76. The van der Waals surface area contributed by atoms with Crippen molar-refractivity contribution in [2.24, 2.45) is 5.84 Å². The van der Waals surface area contributed by atoms with Crippen LogP contribution in [0.4, 0.5) is 5.13 Å². The number of aromatic nitrogens is 1. The molecule has 0 atom stereocenters. The highest BCUT2D eigenvalue weighted by Gasteiger charge is 2.05. The molecule has 0 spiro atoms. The van der Waals surface area contributed by atoms with Crippen LogP contribution in [0, 0.1) is 6.92 Å². The molecule has 1 aromatic carbocycles. The predicted molar refractivity (Wildman–Crippen MR) is 76.3 cm³/mol. The third kappa shape index (κ3) is 3.53. The molecule has 0 amide bonds. The molecule has 2 rings (SSSR count). The van der Waals surface area contributed by atoms with E-state index in [9.17, 15) is 0 Å². The monoisotopic (exact) mass is 262 g/mol. The van der Waals surface area contributed by atoms with Gasteiger partial charge in [-0.1, -0.05) is 41.2 Å². The fourth-order valence-corrected chi connectivity index (χ4v) is 2.69. The van der Waals surface area contributed by atoms with Gasteiger partial charge in [-0.2, -0.15) is 0 Å². The van der Waals surface area contributed by atoms with Crippen molar-refractivity contribution in [3.05, 3.63) is 46.5 Å². The van der Waals surface area contributed by atoms with Gasteiger partial charge in [0.15, 0.2) is 5.13 Å². The molecule has 5 heteroatoms. The highest BCUT2D eigenvalue weighted by Crippen LogP contribution is 2.19. The quantitative estimate of drug-likeness (QED) is 0.641. The summed E-state index contributed by atoms with van der Waals surface area (Å²) in [5.41, 5.74) is 5.20. The number of nitrogens with zero attached hydrogens (tertiary/aromatic N) is 2. The normalized spacial score (nSPS) is 10.9. The SMILES string of the molecule is Cc1cccc(CN(C)Cc2cnc(NN)s2)c1. The van der Waals surface area contributed by atoms with Crippen LogP contribution in [0.5, 0.6) is 0 Å². The summed E-state index contributed by atoms with van der Waals surface area (Å²) < 4.78 is 0. The summed E-state index contributed by atoms with van der Waals surface area (Å²) in [5, 5.41) is 0.758. The molecule has 0 bridgehead atoms. The first-order chi connectivity index (χ1) is 8.67. The van der Waals surface area contributed by atoms with E-state index in [1.807, 2.05) is 6.20 Å². The third-order valence-corrected chi connectivity index (χ3v) is 3.55. The number of anilines is 1. The standard InChI is InChI=1S/C13H18N4S/c1-10-4-3-5-11(6-10)8-17(2)9-12-7-15-13(16-14)18-12/h3-7H,8-9,14H2,1-2H3,(H,15,16). The summed E-state index contributed by atoms with van der Waals surface area (Å²) in [6.45, 7) is 3.93. The van der Waals surface area contributed by atoms with Crippen molar-refractivity contribution in [1.82, 2.24) is 9.88 Å². The molecule has 0 aliphatic heterocycles. The fraction of sp³-hybridized carbons (Fsp3) is 0.308. The minimum atomic E-state index is 0.758. The highest BCUT2D eigenvalue weighted by atomic mass is 32.1. The lowest BCUT2D eigenvalue weighted by molar-refractivity contribution is 0.321. The Labute approximate surface area is 111 Å². The van der Waals surface area contributed by atoms with E-state index in [1.165, 1.54) is 16.0 Å². The molecule has 0 aliphatic carbocycles. The maximum Gasteiger partial charge on any atom is 0.197 e. The predicted octanol–water partition coefficient (Wildman–Crippen LogP) is 2.37. The van der Waals surface area contributed by atoms with E-state index in [4.69, 9.17) is 5.84 Å². The minimum absolute atomic E-state index is 0.758. The molecule has 96 valence electrons. The van der Waals surface area contributed by atoms with Crippen molar-refractivity contribution in [3.63, 3.8) is 0 Å². The Balaban J connectivity index is 1.94. The van der Waals surface area contributed by atoms with E-state index in [2.05, 4.69) is 53.5 Å². The van der Waals surface area contributed by atoms with Crippen LogP contribution in [0.1, 0.15) is 16.0 Å². The van der Waals surface area contributed by atoms with Gasteiger partial charge in [-0.15, -0.1) is 0 Å². The summed E-state index contributed by atoms with van der Waals surface area (Å²) in [6.07, 6.45) is 1.87. The summed E-state index contributed by atoms with van der Waals surface area (Å²) >= 11 is 1.59. The maximum absolute atomic E-state index is 5.32. The van der Waals surface area contributed by atoms with Gasteiger partial charge in [0.25, 0.3) is 0 Å². The number of hydrogen-bond acceptors (Lipinski definition) is 5. The van der Waals surface area contributed by atoms with Crippen molar-refractivity contribution in [2.45, 2.75) is 20.0 Å². The molecule has 0 saturated carbocycles. The molecule has 0 radical (unpaired) electrons. The second-order valence-electron chi connectivity index (χ2n) is 4.44. The molecule has 3 N–H and O–H groups in total. The Morgan fingerprint density at radius 1 is 1.39 bits per heavy atom. The van der Waals surface area contributed by atoms with Gasteiger partial charge < -0.3 is 0 Å². The molecule has 1 aromatic heterocycles. The smallest absolute Gasteiger partial charge is 0.197 e. The minimum Gasteiger partial charge on any atom is -0.300 e. The van der Waals surface area contributed by atoms with Gasteiger partial charge in [-0.3, -0.25) is 10.3 Å². The van der Waals surface area contributed by atoms with Gasteiger partial charge in [0.2, 0.25) is 0 Å². The van der Waals surface area contributed by atoms with Crippen LogP contribution in [-0.2, 0) is 13.1 Å². The van der Waals surface area contributed by atoms with Crippen molar-refractivity contribution >= 4 is 16.5 Å². The molecule has 0 aliphatic rings. The van der Waals surface area contributed by atoms with Crippen molar-refractivity contribution in [3.8, 4) is 0 Å². The van der Waals surface area contributed by atoms with Crippen LogP contribution in [0.25, 0.3) is 0 Å². The zero-order valence-electron chi connectivity index (χ0n) is 10.7. The zero-order valence-corrected chi connectivity index (χ0v) is 11.5. The Morgan fingerprint density at radius 3 is 2.89 bits per heavy atom. The van der Waals surface area contributed by atoms with E-state index in [0.717, 1.165) is 18.2 Å². The van der Waals surface area contributed by atoms with E-state index < -0.39 is 0 Å². The van der Waals surface area contributed by atoms with Crippen LogP contribution in [0.15, 0.2) is 30.5 Å². The second kappa shape index (κ2) is 5.95. The van der Waals surface area contributed by atoms with E-state index in [-0.39, 0.29) is 0 Å². The Kier molecular flexibility index (Phi) is 4.30. The first-order valence-electron chi connectivity index (χ1n) is 5.83. The zero-order chi connectivity index (χ0) is 13.0. The lowest BCUT2D eigenvalue weighted by Gasteiger charge is -2.15. The largest absolute Gasteiger partial charge is 0.300 e. The van der Waals surface area contributed by atoms with Gasteiger partial charge in [0.1, 0.15) is 0 Å².